The summed E-state index contributed by atoms with van der Waals surface area (Å²) in [6, 6.07) is 0.620. The Hall–Kier alpha value is -0.463. The fourth-order valence-corrected chi connectivity index (χ4v) is 3.16. The fourth-order valence-electron chi connectivity index (χ4n) is 1.44. The maximum Gasteiger partial charge on any atom is 0.210 e. The van der Waals surface area contributed by atoms with E-state index in [9.17, 15) is 10.1 Å². The molecule has 0 bridgehead atoms. The Morgan fingerprint density at radius 2 is 1.88 bits per heavy atom. The molecule has 1 unspecified atom stereocenters. The minimum atomic E-state index is -0.431. The molecular formula is C10H23NO4Si. The lowest BCUT2D eigenvalue weighted by Gasteiger charge is -2.16. The molecule has 0 saturated heterocycles. The number of rotatable bonds is 10. The van der Waals surface area contributed by atoms with Gasteiger partial charge in [0.1, 0.15) is 5.91 Å². The van der Waals surface area contributed by atoms with Crippen molar-refractivity contribution >= 4 is 9.52 Å². The third-order valence-corrected chi connectivity index (χ3v) is 4.23. The predicted molar refractivity (Wildman–Crippen MR) is 66.1 cm³/mol. The smallest absolute Gasteiger partial charge is 0.210 e. The monoisotopic (exact) mass is 249 g/mol. The number of ether oxygens (including phenoxy) is 2. The van der Waals surface area contributed by atoms with E-state index in [0.717, 1.165) is 12.5 Å². The minimum absolute atomic E-state index is 0.0130. The van der Waals surface area contributed by atoms with Gasteiger partial charge in [-0.2, -0.15) is 0 Å². The van der Waals surface area contributed by atoms with Gasteiger partial charge >= 0.3 is 0 Å². The molecule has 0 spiro atoms. The maximum atomic E-state index is 10.4. The van der Waals surface area contributed by atoms with E-state index in [0.29, 0.717) is 19.6 Å². The van der Waals surface area contributed by atoms with Crippen molar-refractivity contribution in [1.29, 1.82) is 0 Å². The Morgan fingerprint density at radius 3 is 2.31 bits per heavy atom. The second-order valence-electron chi connectivity index (χ2n) is 3.76. The van der Waals surface area contributed by atoms with Crippen molar-refractivity contribution in [2.75, 3.05) is 13.2 Å². The minimum Gasteiger partial charge on any atom is -0.357 e. The number of nitrogens with zero attached hydrogens (tertiary/aromatic N) is 1. The Morgan fingerprint density at radius 1 is 1.31 bits per heavy atom. The highest BCUT2D eigenvalue weighted by Crippen LogP contribution is 2.06. The van der Waals surface area contributed by atoms with Crippen LogP contribution in [0.4, 0.5) is 0 Å². The van der Waals surface area contributed by atoms with Crippen molar-refractivity contribution in [1.82, 2.24) is 0 Å². The van der Waals surface area contributed by atoms with Gasteiger partial charge in [0.2, 0.25) is 6.04 Å². The molecular weight excluding hydrogens is 226 g/mol. The Kier molecular flexibility index (Phi) is 9.46. The lowest BCUT2D eigenvalue weighted by Crippen LogP contribution is -2.25. The van der Waals surface area contributed by atoms with Gasteiger partial charge in [0.15, 0.2) is 0 Å². The molecule has 0 aromatic heterocycles. The molecule has 0 N–H and O–H groups in total. The normalized spacial score (nSPS) is 13.8. The molecule has 0 aliphatic heterocycles. The molecule has 0 heterocycles. The van der Waals surface area contributed by atoms with Crippen LogP contribution < -0.4 is 0 Å². The molecule has 0 fully saturated rings. The molecule has 0 aromatic carbocycles. The van der Waals surface area contributed by atoms with E-state index in [1.165, 1.54) is 0 Å². The first-order valence-electron chi connectivity index (χ1n) is 5.98. The molecule has 1 atom stereocenters. The van der Waals surface area contributed by atoms with Gasteiger partial charge in [0.25, 0.3) is 0 Å². The summed E-state index contributed by atoms with van der Waals surface area (Å²) in [5.74, 6) is -0.0130. The third kappa shape index (κ3) is 7.78. The van der Waals surface area contributed by atoms with Crippen LogP contribution in [0.3, 0.4) is 0 Å². The van der Waals surface area contributed by atoms with Crippen LogP contribution >= 0.6 is 0 Å². The van der Waals surface area contributed by atoms with E-state index in [1.807, 2.05) is 13.8 Å². The lowest BCUT2D eigenvalue weighted by atomic mass is 10.2. The molecule has 0 aliphatic carbocycles. The van der Waals surface area contributed by atoms with Crippen molar-refractivity contribution in [2.45, 2.75) is 51.6 Å². The number of hydrogen-bond donors (Lipinski definition) is 0. The van der Waals surface area contributed by atoms with E-state index in [4.69, 9.17) is 9.47 Å². The van der Waals surface area contributed by atoms with Crippen LogP contribution in [-0.2, 0) is 9.47 Å². The molecule has 0 radical (unpaired) electrons. The van der Waals surface area contributed by atoms with E-state index >= 15 is 0 Å². The Labute approximate surface area is 99.5 Å². The van der Waals surface area contributed by atoms with Crippen molar-refractivity contribution in [3.05, 3.63) is 10.1 Å². The van der Waals surface area contributed by atoms with Crippen molar-refractivity contribution < 1.29 is 14.4 Å². The summed E-state index contributed by atoms with van der Waals surface area (Å²) in [4.78, 5) is 10.2. The van der Waals surface area contributed by atoms with Crippen LogP contribution in [-0.4, -0.2) is 39.6 Å². The number of nitro groups is 1. The van der Waals surface area contributed by atoms with Crippen LogP contribution in [0, 0.1) is 10.1 Å². The summed E-state index contributed by atoms with van der Waals surface area (Å²) in [5.41, 5.74) is 0. The van der Waals surface area contributed by atoms with Crippen LogP contribution in [0.5, 0.6) is 0 Å². The highest BCUT2D eigenvalue weighted by atomic mass is 28.2. The van der Waals surface area contributed by atoms with E-state index in [1.54, 1.807) is 6.92 Å². The molecule has 6 heteroatoms. The van der Waals surface area contributed by atoms with Gasteiger partial charge in [-0.25, -0.2) is 0 Å². The predicted octanol–water partition coefficient (Wildman–Crippen LogP) is 1.38. The fraction of sp³-hybridized carbons (Fsp3) is 1.00. The molecule has 16 heavy (non-hydrogen) atoms. The van der Waals surface area contributed by atoms with Crippen molar-refractivity contribution in [3.63, 3.8) is 0 Å². The second kappa shape index (κ2) is 9.74. The van der Waals surface area contributed by atoms with E-state index in [-0.39, 0.29) is 10.8 Å². The topological polar surface area (TPSA) is 61.6 Å². The van der Waals surface area contributed by atoms with Crippen LogP contribution in [0.2, 0.25) is 6.04 Å². The van der Waals surface area contributed by atoms with Gasteiger partial charge in [-0.15, -0.1) is 0 Å². The third-order valence-electron chi connectivity index (χ3n) is 2.38. The van der Waals surface area contributed by atoms with Crippen molar-refractivity contribution in [2.24, 2.45) is 0 Å². The standard InChI is InChI=1S/C10H23NO4Si/c1-4-14-10(15-5-2)16-8-6-7-9(3)11(12)13/h9-10H,4-8,16H2,1-3H3. The second-order valence-corrected chi connectivity index (χ2v) is 5.71. The van der Waals surface area contributed by atoms with Crippen LogP contribution in [0.25, 0.3) is 0 Å². The molecule has 96 valence electrons. The largest absolute Gasteiger partial charge is 0.357 e. The quantitative estimate of drug-likeness (QED) is 0.193. The highest BCUT2D eigenvalue weighted by molar-refractivity contribution is 6.36. The summed E-state index contributed by atoms with van der Waals surface area (Å²) >= 11 is 0. The average Bonchev–Trinajstić information content (AvgIpc) is 2.24. The van der Waals surface area contributed by atoms with Crippen LogP contribution in [0.1, 0.15) is 33.6 Å². The average molecular weight is 249 g/mol. The van der Waals surface area contributed by atoms with Gasteiger partial charge in [-0.3, -0.25) is 10.1 Å². The molecule has 0 rings (SSSR count). The first kappa shape index (κ1) is 15.5. The lowest BCUT2D eigenvalue weighted by molar-refractivity contribution is -0.518. The first-order valence-corrected chi connectivity index (χ1v) is 7.80. The zero-order valence-electron chi connectivity index (χ0n) is 10.5. The summed E-state index contributed by atoms with van der Waals surface area (Å²) in [6.07, 6.45) is 1.57. The maximum absolute atomic E-state index is 10.4. The van der Waals surface area contributed by atoms with Gasteiger partial charge in [-0.05, 0) is 20.3 Å². The van der Waals surface area contributed by atoms with Gasteiger partial charge in [-0.1, -0.05) is 6.04 Å². The summed E-state index contributed by atoms with van der Waals surface area (Å²) in [5, 5.41) is 10.4. The van der Waals surface area contributed by atoms with Gasteiger partial charge in [0, 0.05) is 31.5 Å². The Balaban J connectivity index is 3.57. The van der Waals surface area contributed by atoms with Gasteiger partial charge < -0.3 is 9.47 Å². The Bertz CT molecular complexity index is 186. The first-order chi connectivity index (χ1) is 7.61. The zero-order chi connectivity index (χ0) is 12.4. The molecule has 5 nitrogen and oxygen atoms in total. The van der Waals surface area contributed by atoms with Gasteiger partial charge in [0.05, 0.1) is 9.52 Å². The molecule has 0 aromatic rings. The SMILES string of the molecule is CCOC(OCC)[SiH2]CCCC(C)[N+](=O)[O-]. The zero-order valence-corrected chi connectivity index (χ0v) is 11.9. The molecule has 0 amide bonds. The molecule has 0 saturated carbocycles. The van der Waals surface area contributed by atoms with E-state index < -0.39 is 15.6 Å². The number of hydrogen-bond acceptors (Lipinski definition) is 4. The summed E-state index contributed by atoms with van der Waals surface area (Å²) < 4.78 is 10.9. The van der Waals surface area contributed by atoms with E-state index in [2.05, 4.69) is 0 Å². The summed E-state index contributed by atoms with van der Waals surface area (Å²) in [7, 11) is -0.431. The highest BCUT2D eigenvalue weighted by Gasteiger charge is 2.13. The van der Waals surface area contributed by atoms with Crippen molar-refractivity contribution in [3.8, 4) is 0 Å². The van der Waals surface area contributed by atoms with Crippen LogP contribution in [0.15, 0.2) is 0 Å². The molecule has 0 aliphatic rings. The summed E-state index contributed by atoms with van der Waals surface area (Å²) in [6.45, 7) is 6.90.